The van der Waals surface area contributed by atoms with Gasteiger partial charge in [-0.3, -0.25) is 28.6 Å². The van der Waals surface area contributed by atoms with Crippen LogP contribution in [-0.2, 0) is 11.3 Å². The van der Waals surface area contributed by atoms with E-state index in [1.54, 1.807) is 6.07 Å². The minimum atomic E-state index is -0.395. The smallest absolute Gasteiger partial charge is 0.262 e. The summed E-state index contributed by atoms with van der Waals surface area (Å²) in [7, 11) is 1.42. The zero-order valence-corrected chi connectivity index (χ0v) is 16.9. The number of rotatable bonds is 4. The minimum Gasteiger partial charge on any atom is -0.326 e. The Morgan fingerprint density at radius 3 is 2.62 bits per heavy atom. The van der Waals surface area contributed by atoms with Crippen LogP contribution in [0.2, 0.25) is 0 Å². The van der Waals surface area contributed by atoms with E-state index in [2.05, 4.69) is 10.3 Å². The average molecular weight is 410 g/mol. The van der Waals surface area contributed by atoms with Crippen LogP contribution in [0.1, 0.15) is 37.6 Å². The molecule has 29 heavy (non-hydrogen) atoms. The molecule has 0 spiro atoms. The van der Waals surface area contributed by atoms with E-state index >= 15 is 0 Å². The summed E-state index contributed by atoms with van der Waals surface area (Å²) in [6, 6.07) is 4.60. The van der Waals surface area contributed by atoms with Gasteiger partial charge in [-0.25, -0.2) is 4.98 Å². The molecule has 148 valence electrons. The molecule has 2 aromatic heterocycles. The Labute approximate surface area is 169 Å². The molecule has 9 heteroatoms. The molecule has 1 aromatic carbocycles. The molecule has 1 aliphatic rings. The van der Waals surface area contributed by atoms with Gasteiger partial charge in [-0.2, -0.15) is 0 Å². The van der Waals surface area contributed by atoms with Crippen LogP contribution in [0.3, 0.4) is 0 Å². The molecule has 0 bridgehead atoms. The van der Waals surface area contributed by atoms with Crippen LogP contribution in [-0.4, -0.2) is 39.2 Å². The fraction of sp³-hybridized carbons (Fsp3) is 0.250. The van der Waals surface area contributed by atoms with E-state index < -0.39 is 5.91 Å². The second-order valence-electron chi connectivity index (χ2n) is 6.93. The van der Waals surface area contributed by atoms with Crippen molar-refractivity contribution < 1.29 is 14.4 Å². The Hall–Kier alpha value is -3.33. The Morgan fingerprint density at radius 1 is 1.14 bits per heavy atom. The quantitative estimate of drug-likeness (QED) is 0.665. The Bertz CT molecular complexity index is 1260. The van der Waals surface area contributed by atoms with E-state index in [-0.39, 0.29) is 35.9 Å². The van der Waals surface area contributed by atoms with Crippen LogP contribution in [0.5, 0.6) is 0 Å². The lowest BCUT2D eigenvalue weighted by Gasteiger charge is -2.08. The van der Waals surface area contributed by atoms with E-state index in [4.69, 9.17) is 0 Å². The molecule has 3 amide bonds. The van der Waals surface area contributed by atoms with Crippen molar-refractivity contribution in [2.45, 2.75) is 26.8 Å². The SMILES string of the molecule is Cc1sc2ncn(CCC(=O)Nc3ccc4c(c3)C(=O)N(C)C4=O)c(=O)c2c1C. The summed E-state index contributed by atoms with van der Waals surface area (Å²) >= 11 is 1.48. The Morgan fingerprint density at radius 2 is 1.86 bits per heavy atom. The average Bonchev–Trinajstić information content (AvgIpc) is 3.10. The number of benzene rings is 1. The highest BCUT2D eigenvalue weighted by Gasteiger charge is 2.32. The molecular weight excluding hydrogens is 392 g/mol. The Balaban J connectivity index is 1.48. The predicted octanol–water partition coefficient (Wildman–Crippen LogP) is 2.33. The number of amides is 3. The zero-order valence-electron chi connectivity index (χ0n) is 16.1. The molecule has 8 nitrogen and oxygen atoms in total. The summed E-state index contributed by atoms with van der Waals surface area (Å²) < 4.78 is 1.43. The maximum absolute atomic E-state index is 12.7. The molecule has 1 N–H and O–H groups in total. The lowest BCUT2D eigenvalue weighted by molar-refractivity contribution is -0.116. The first-order valence-electron chi connectivity index (χ1n) is 8.99. The summed E-state index contributed by atoms with van der Waals surface area (Å²) in [5.74, 6) is -1.06. The first-order chi connectivity index (χ1) is 13.8. The van der Waals surface area contributed by atoms with Gasteiger partial charge < -0.3 is 5.32 Å². The van der Waals surface area contributed by atoms with Gasteiger partial charge in [0.2, 0.25) is 5.91 Å². The number of hydrogen-bond acceptors (Lipinski definition) is 6. The van der Waals surface area contributed by atoms with Gasteiger partial charge in [0.15, 0.2) is 0 Å². The van der Waals surface area contributed by atoms with Gasteiger partial charge >= 0.3 is 0 Å². The van der Waals surface area contributed by atoms with Crippen LogP contribution >= 0.6 is 11.3 Å². The monoisotopic (exact) mass is 410 g/mol. The molecule has 0 saturated carbocycles. The maximum Gasteiger partial charge on any atom is 0.262 e. The molecule has 3 aromatic rings. The lowest BCUT2D eigenvalue weighted by atomic mass is 10.1. The largest absolute Gasteiger partial charge is 0.326 e. The summed E-state index contributed by atoms with van der Waals surface area (Å²) in [5.41, 5.74) is 1.78. The molecule has 3 heterocycles. The molecular formula is C20H18N4O4S. The summed E-state index contributed by atoms with van der Waals surface area (Å²) in [6.45, 7) is 4.03. The Kier molecular flexibility index (Phi) is 4.54. The van der Waals surface area contributed by atoms with Gasteiger partial charge in [-0.05, 0) is 37.6 Å². The third kappa shape index (κ3) is 3.13. The molecule has 0 atom stereocenters. The predicted molar refractivity (Wildman–Crippen MR) is 109 cm³/mol. The van der Waals surface area contributed by atoms with Crippen molar-refractivity contribution in [3.05, 3.63) is 56.4 Å². The molecule has 0 unspecified atom stereocenters. The highest BCUT2D eigenvalue weighted by Crippen LogP contribution is 2.26. The number of carbonyl (C=O) groups is 3. The van der Waals surface area contributed by atoms with Crippen molar-refractivity contribution >= 4 is 45.0 Å². The number of nitrogens with one attached hydrogen (secondary N) is 1. The maximum atomic E-state index is 12.7. The summed E-state index contributed by atoms with van der Waals surface area (Å²) in [4.78, 5) is 56.1. The van der Waals surface area contributed by atoms with Crippen molar-refractivity contribution in [2.24, 2.45) is 0 Å². The third-order valence-corrected chi connectivity index (χ3v) is 6.22. The fourth-order valence-electron chi connectivity index (χ4n) is 3.31. The fourth-order valence-corrected chi connectivity index (χ4v) is 4.30. The molecule has 0 radical (unpaired) electrons. The second kappa shape index (κ2) is 6.93. The van der Waals surface area contributed by atoms with Gasteiger partial charge in [0, 0.05) is 30.6 Å². The number of aromatic nitrogens is 2. The topological polar surface area (TPSA) is 101 Å². The van der Waals surface area contributed by atoms with Crippen LogP contribution in [0.4, 0.5) is 5.69 Å². The number of thiophene rings is 1. The first-order valence-corrected chi connectivity index (χ1v) is 9.81. The van der Waals surface area contributed by atoms with E-state index in [0.717, 1.165) is 15.3 Å². The molecule has 0 fully saturated rings. The number of imide groups is 1. The van der Waals surface area contributed by atoms with Gasteiger partial charge in [0.05, 0.1) is 22.8 Å². The van der Waals surface area contributed by atoms with Crippen molar-refractivity contribution in [1.82, 2.24) is 14.5 Å². The van der Waals surface area contributed by atoms with Crippen molar-refractivity contribution in [3.63, 3.8) is 0 Å². The number of aryl methyl sites for hydroxylation is 3. The lowest BCUT2D eigenvalue weighted by Crippen LogP contribution is -2.24. The van der Waals surface area contributed by atoms with Gasteiger partial charge in [-0.1, -0.05) is 0 Å². The van der Waals surface area contributed by atoms with Crippen LogP contribution < -0.4 is 10.9 Å². The summed E-state index contributed by atoms with van der Waals surface area (Å²) in [6.07, 6.45) is 1.53. The number of carbonyl (C=O) groups excluding carboxylic acids is 3. The minimum absolute atomic E-state index is 0.0686. The van der Waals surface area contributed by atoms with E-state index in [9.17, 15) is 19.2 Å². The van der Waals surface area contributed by atoms with Crippen LogP contribution in [0.15, 0.2) is 29.3 Å². The standard InChI is InChI=1S/C20H18N4O4S/c1-10-11(2)29-17-16(10)20(28)24(9-21-17)7-6-15(25)22-12-4-5-13-14(8-12)19(27)23(3)18(13)26/h4-5,8-9H,6-7H2,1-3H3,(H,22,25). The van der Waals surface area contributed by atoms with Crippen molar-refractivity contribution in [2.75, 3.05) is 12.4 Å². The zero-order chi connectivity index (χ0) is 20.9. The molecule has 1 aliphatic heterocycles. The number of hydrogen-bond donors (Lipinski definition) is 1. The normalized spacial score (nSPS) is 13.3. The number of nitrogens with zero attached hydrogens (tertiary/aromatic N) is 3. The number of anilines is 1. The highest BCUT2D eigenvalue weighted by molar-refractivity contribution is 7.18. The van der Waals surface area contributed by atoms with Gasteiger partial charge in [-0.15, -0.1) is 11.3 Å². The number of fused-ring (bicyclic) bond motifs is 2. The molecule has 0 saturated heterocycles. The van der Waals surface area contributed by atoms with Gasteiger partial charge in [0.25, 0.3) is 17.4 Å². The summed E-state index contributed by atoms with van der Waals surface area (Å²) in [5, 5.41) is 3.31. The van der Waals surface area contributed by atoms with E-state index in [1.807, 2.05) is 13.8 Å². The molecule has 0 aliphatic carbocycles. The third-order valence-electron chi connectivity index (χ3n) is 5.11. The van der Waals surface area contributed by atoms with Crippen molar-refractivity contribution in [3.8, 4) is 0 Å². The van der Waals surface area contributed by atoms with Crippen LogP contribution in [0.25, 0.3) is 10.2 Å². The van der Waals surface area contributed by atoms with Crippen LogP contribution in [0, 0.1) is 13.8 Å². The van der Waals surface area contributed by atoms with Crippen molar-refractivity contribution in [1.29, 1.82) is 0 Å². The molecule has 4 rings (SSSR count). The highest BCUT2D eigenvalue weighted by atomic mass is 32.1. The van der Waals surface area contributed by atoms with Gasteiger partial charge in [0.1, 0.15) is 4.83 Å². The van der Waals surface area contributed by atoms with E-state index in [0.29, 0.717) is 21.5 Å². The second-order valence-corrected chi connectivity index (χ2v) is 8.14. The van der Waals surface area contributed by atoms with E-state index in [1.165, 1.54) is 41.4 Å². The first kappa shape index (κ1) is 19.0.